The van der Waals surface area contributed by atoms with Crippen LogP contribution in [0, 0.1) is 0 Å². The van der Waals surface area contributed by atoms with Crippen molar-refractivity contribution in [3.8, 4) is 11.5 Å². The molecule has 0 aromatic heterocycles. The number of rotatable bonds is 8. The third kappa shape index (κ3) is 4.99. The summed E-state index contributed by atoms with van der Waals surface area (Å²) in [6.07, 6.45) is 0. The van der Waals surface area contributed by atoms with Gasteiger partial charge in [0.05, 0.1) is 13.2 Å². The Labute approximate surface area is 143 Å². The molecular weight excluding hydrogens is 304 g/mol. The van der Waals surface area contributed by atoms with E-state index in [0.29, 0.717) is 12.3 Å². The summed E-state index contributed by atoms with van der Waals surface area (Å²) in [5.74, 6) is 1.34. The van der Waals surface area contributed by atoms with E-state index in [1.54, 1.807) is 7.11 Å². The molecule has 1 unspecified atom stereocenters. The van der Waals surface area contributed by atoms with Gasteiger partial charge in [-0.15, -0.1) is 0 Å². The second kappa shape index (κ2) is 8.93. The van der Waals surface area contributed by atoms with Crippen LogP contribution in [0.15, 0.2) is 54.6 Å². The molecule has 2 aromatic rings. The summed E-state index contributed by atoms with van der Waals surface area (Å²) in [5.41, 5.74) is 1.04. The highest BCUT2D eigenvalue weighted by Gasteiger charge is 2.19. The highest BCUT2D eigenvalue weighted by atomic mass is 16.5. The Morgan fingerprint density at radius 1 is 1.08 bits per heavy atom. The lowest BCUT2D eigenvalue weighted by molar-refractivity contribution is -0.123. The summed E-state index contributed by atoms with van der Waals surface area (Å²) in [4.78, 5) is 14.1. The molecule has 2 aromatic carbocycles. The number of carbonyl (C=O) groups is 1. The molecule has 24 heavy (non-hydrogen) atoms. The van der Waals surface area contributed by atoms with Crippen molar-refractivity contribution in [3.05, 3.63) is 60.2 Å². The van der Waals surface area contributed by atoms with E-state index in [4.69, 9.17) is 9.47 Å². The van der Waals surface area contributed by atoms with Gasteiger partial charge in [0, 0.05) is 12.1 Å². The lowest BCUT2D eigenvalue weighted by Gasteiger charge is -2.26. The number of benzene rings is 2. The van der Waals surface area contributed by atoms with Gasteiger partial charge in [-0.25, -0.2) is 0 Å². The summed E-state index contributed by atoms with van der Waals surface area (Å²) in [6.45, 7) is 0.473. The number of nitrogens with zero attached hydrogens (tertiary/aromatic N) is 1. The minimum atomic E-state index is -0.152. The van der Waals surface area contributed by atoms with Crippen LogP contribution >= 0.6 is 0 Å². The van der Waals surface area contributed by atoms with Gasteiger partial charge in [0.2, 0.25) is 0 Å². The molecule has 0 fully saturated rings. The quantitative estimate of drug-likeness (QED) is 0.809. The average molecular weight is 328 g/mol. The molecule has 0 saturated heterocycles. The first-order valence-electron chi connectivity index (χ1n) is 7.85. The Balaban J connectivity index is 1.93. The molecule has 0 aliphatic rings. The number of nitrogens with one attached hydrogen (secondary N) is 1. The lowest BCUT2D eigenvalue weighted by Crippen LogP contribution is -2.37. The third-order valence-corrected chi connectivity index (χ3v) is 3.73. The fourth-order valence-corrected chi connectivity index (χ4v) is 2.44. The maximum atomic E-state index is 12.0. The summed E-state index contributed by atoms with van der Waals surface area (Å²) in [7, 11) is 5.60. The highest BCUT2D eigenvalue weighted by Crippen LogP contribution is 2.27. The molecule has 1 atom stereocenters. The Morgan fingerprint density at radius 3 is 2.42 bits per heavy atom. The maximum Gasteiger partial charge on any atom is 0.258 e. The van der Waals surface area contributed by atoms with E-state index in [-0.39, 0.29) is 18.6 Å². The van der Waals surface area contributed by atoms with Crippen LogP contribution in [-0.4, -0.2) is 45.2 Å². The van der Waals surface area contributed by atoms with Gasteiger partial charge in [-0.3, -0.25) is 4.79 Å². The van der Waals surface area contributed by atoms with Crippen molar-refractivity contribution in [1.82, 2.24) is 10.2 Å². The highest BCUT2D eigenvalue weighted by molar-refractivity contribution is 5.77. The van der Waals surface area contributed by atoms with Gasteiger partial charge in [0.25, 0.3) is 5.91 Å². The number of hydrogen-bond acceptors (Lipinski definition) is 4. The van der Waals surface area contributed by atoms with Crippen LogP contribution in [0.25, 0.3) is 0 Å². The van der Waals surface area contributed by atoms with Crippen LogP contribution in [-0.2, 0) is 4.79 Å². The van der Waals surface area contributed by atoms with E-state index < -0.39 is 0 Å². The number of amides is 1. The molecule has 1 N–H and O–H groups in total. The SMILES string of the molecule is COc1ccccc1C(CNC(=O)COc1ccccc1)N(C)C. The number of ether oxygens (including phenoxy) is 2. The van der Waals surface area contributed by atoms with Crippen LogP contribution in [0.4, 0.5) is 0 Å². The summed E-state index contributed by atoms with van der Waals surface area (Å²) in [6, 6.07) is 17.1. The van der Waals surface area contributed by atoms with Crippen molar-refractivity contribution in [2.45, 2.75) is 6.04 Å². The zero-order valence-electron chi connectivity index (χ0n) is 14.4. The second-order valence-electron chi connectivity index (χ2n) is 5.63. The number of hydrogen-bond donors (Lipinski definition) is 1. The van der Waals surface area contributed by atoms with Crippen LogP contribution in [0.2, 0.25) is 0 Å². The smallest absolute Gasteiger partial charge is 0.258 e. The summed E-state index contributed by atoms with van der Waals surface area (Å²) >= 11 is 0. The molecule has 128 valence electrons. The first-order valence-corrected chi connectivity index (χ1v) is 7.85. The third-order valence-electron chi connectivity index (χ3n) is 3.73. The molecule has 0 bridgehead atoms. The summed E-state index contributed by atoms with van der Waals surface area (Å²) in [5, 5.41) is 2.92. The predicted molar refractivity (Wildman–Crippen MR) is 94.4 cm³/mol. The van der Waals surface area contributed by atoms with E-state index in [0.717, 1.165) is 11.3 Å². The Morgan fingerprint density at radius 2 is 1.75 bits per heavy atom. The topological polar surface area (TPSA) is 50.8 Å². The van der Waals surface area contributed by atoms with Crippen molar-refractivity contribution in [1.29, 1.82) is 0 Å². The van der Waals surface area contributed by atoms with E-state index in [1.165, 1.54) is 0 Å². The predicted octanol–water partition coefficient (Wildman–Crippen LogP) is 2.49. The molecule has 0 radical (unpaired) electrons. The molecule has 1 amide bonds. The molecule has 5 heteroatoms. The van der Waals surface area contributed by atoms with Gasteiger partial charge < -0.3 is 19.7 Å². The van der Waals surface area contributed by atoms with Gasteiger partial charge in [0.1, 0.15) is 11.5 Å². The fraction of sp³-hybridized carbons (Fsp3) is 0.316. The van der Waals surface area contributed by atoms with Crippen molar-refractivity contribution in [3.63, 3.8) is 0 Å². The van der Waals surface area contributed by atoms with E-state index in [1.807, 2.05) is 68.7 Å². The molecule has 0 aliphatic carbocycles. The van der Waals surface area contributed by atoms with Gasteiger partial charge in [-0.1, -0.05) is 36.4 Å². The maximum absolute atomic E-state index is 12.0. The fourth-order valence-electron chi connectivity index (χ4n) is 2.44. The van der Waals surface area contributed by atoms with Crippen LogP contribution in [0.3, 0.4) is 0 Å². The van der Waals surface area contributed by atoms with Crippen LogP contribution in [0.5, 0.6) is 11.5 Å². The molecule has 0 heterocycles. The molecule has 2 rings (SSSR count). The second-order valence-corrected chi connectivity index (χ2v) is 5.63. The summed E-state index contributed by atoms with van der Waals surface area (Å²) < 4.78 is 10.9. The molecule has 0 spiro atoms. The van der Waals surface area contributed by atoms with Crippen LogP contribution < -0.4 is 14.8 Å². The van der Waals surface area contributed by atoms with Crippen molar-refractivity contribution in [2.24, 2.45) is 0 Å². The normalized spacial score (nSPS) is 11.8. The van der Waals surface area contributed by atoms with E-state index in [9.17, 15) is 4.79 Å². The zero-order valence-corrected chi connectivity index (χ0v) is 14.4. The number of carbonyl (C=O) groups excluding carboxylic acids is 1. The van der Waals surface area contributed by atoms with E-state index >= 15 is 0 Å². The Hall–Kier alpha value is -2.53. The molecular formula is C19H24N2O3. The average Bonchev–Trinajstić information content (AvgIpc) is 2.61. The number of likely N-dealkylation sites (N-methyl/N-ethyl adjacent to an activating group) is 1. The minimum absolute atomic E-state index is 0.00388. The first-order chi connectivity index (χ1) is 11.6. The minimum Gasteiger partial charge on any atom is -0.496 e. The molecule has 0 saturated carbocycles. The molecule has 0 aliphatic heterocycles. The number of para-hydroxylation sites is 2. The first kappa shape index (κ1) is 17.8. The largest absolute Gasteiger partial charge is 0.496 e. The van der Waals surface area contributed by atoms with Gasteiger partial charge in [0.15, 0.2) is 6.61 Å². The Kier molecular flexibility index (Phi) is 6.63. The van der Waals surface area contributed by atoms with Crippen molar-refractivity contribution in [2.75, 3.05) is 34.4 Å². The standard InChI is InChI=1S/C19H24N2O3/c1-21(2)17(16-11-7-8-12-18(16)23-3)13-20-19(22)14-24-15-9-5-4-6-10-15/h4-12,17H,13-14H2,1-3H3,(H,20,22). The molecule has 5 nitrogen and oxygen atoms in total. The monoisotopic (exact) mass is 328 g/mol. The zero-order chi connectivity index (χ0) is 17.4. The lowest BCUT2D eigenvalue weighted by atomic mass is 10.0. The van der Waals surface area contributed by atoms with Crippen molar-refractivity contribution < 1.29 is 14.3 Å². The Bertz CT molecular complexity index is 644. The van der Waals surface area contributed by atoms with Gasteiger partial charge >= 0.3 is 0 Å². The van der Waals surface area contributed by atoms with Crippen molar-refractivity contribution >= 4 is 5.91 Å². The van der Waals surface area contributed by atoms with Crippen LogP contribution in [0.1, 0.15) is 11.6 Å². The number of methoxy groups -OCH3 is 1. The van der Waals surface area contributed by atoms with Gasteiger partial charge in [-0.2, -0.15) is 0 Å². The van der Waals surface area contributed by atoms with Gasteiger partial charge in [-0.05, 0) is 32.3 Å². The van der Waals surface area contributed by atoms with E-state index in [2.05, 4.69) is 10.2 Å².